The fraction of sp³-hybridized carbons (Fsp3) is 0.222. The van der Waals surface area contributed by atoms with Crippen molar-refractivity contribution in [1.82, 2.24) is 0 Å². The van der Waals surface area contributed by atoms with Gasteiger partial charge in [0.15, 0.2) is 0 Å². The molecule has 0 aliphatic carbocycles. The molecule has 0 amide bonds. The van der Waals surface area contributed by atoms with Crippen molar-refractivity contribution in [3.8, 4) is 5.75 Å². The molecule has 1 rings (SSSR count). The fourth-order valence-corrected chi connectivity index (χ4v) is 1.12. The van der Waals surface area contributed by atoms with Gasteiger partial charge in [-0.1, -0.05) is 17.7 Å². The molecular formula is C9H10ClO. The molecule has 1 nitrogen and oxygen atoms in total. The van der Waals surface area contributed by atoms with Crippen LogP contribution in [0.4, 0.5) is 0 Å². The monoisotopic (exact) mass is 169 g/mol. The lowest BCUT2D eigenvalue weighted by atomic mass is 10.1. The topological polar surface area (TPSA) is 9.23 Å². The Morgan fingerprint density at radius 1 is 1.45 bits per heavy atom. The average molecular weight is 170 g/mol. The van der Waals surface area contributed by atoms with Crippen molar-refractivity contribution in [2.24, 2.45) is 0 Å². The molecule has 59 valence electrons. The highest BCUT2D eigenvalue weighted by Gasteiger charge is 2.04. The summed E-state index contributed by atoms with van der Waals surface area (Å²) in [4.78, 5) is 0. The van der Waals surface area contributed by atoms with Crippen molar-refractivity contribution < 1.29 is 4.74 Å². The summed E-state index contributed by atoms with van der Waals surface area (Å²) < 4.78 is 5.02. The van der Waals surface area contributed by atoms with E-state index >= 15 is 0 Å². The molecule has 0 unspecified atom stereocenters. The van der Waals surface area contributed by atoms with E-state index < -0.39 is 0 Å². The van der Waals surface area contributed by atoms with Crippen LogP contribution >= 0.6 is 11.6 Å². The van der Waals surface area contributed by atoms with Gasteiger partial charge in [0.1, 0.15) is 5.75 Å². The zero-order chi connectivity index (χ0) is 8.43. The molecule has 2 heteroatoms. The second-order valence-electron chi connectivity index (χ2n) is 2.37. The molecule has 0 saturated heterocycles. The third-order valence-electron chi connectivity index (χ3n) is 1.68. The standard InChI is InChI=1S/C9H10ClO/c1-6-4-5-8(11-3)9(10)7(6)2/h4-5H,1H2,2-3H3. The number of halogens is 1. The van der Waals surface area contributed by atoms with Gasteiger partial charge < -0.3 is 4.74 Å². The molecule has 1 aromatic rings. The van der Waals surface area contributed by atoms with Crippen LogP contribution in [0.3, 0.4) is 0 Å². The smallest absolute Gasteiger partial charge is 0.137 e. The van der Waals surface area contributed by atoms with E-state index in [0.29, 0.717) is 10.8 Å². The lowest BCUT2D eigenvalue weighted by molar-refractivity contribution is 0.414. The Morgan fingerprint density at radius 3 is 2.64 bits per heavy atom. The third-order valence-corrected chi connectivity index (χ3v) is 2.15. The molecule has 0 aromatic heterocycles. The minimum Gasteiger partial charge on any atom is -0.495 e. The summed E-state index contributed by atoms with van der Waals surface area (Å²) >= 11 is 5.93. The number of benzene rings is 1. The Bertz CT molecular complexity index is 269. The maximum absolute atomic E-state index is 5.93. The summed E-state index contributed by atoms with van der Waals surface area (Å²) in [6.45, 7) is 5.74. The quantitative estimate of drug-likeness (QED) is 0.628. The minimum atomic E-state index is 0.653. The van der Waals surface area contributed by atoms with Gasteiger partial charge in [-0.15, -0.1) is 0 Å². The SMILES string of the molecule is [CH2]c1ccc(OC)c(Cl)c1C. The predicted molar refractivity (Wildman–Crippen MR) is 47.2 cm³/mol. The van der Waals surface area contributed by atoms with Crippen molar-refractivity contribution in [3.63, 3.8) is 0 Å². The molecule has 0 N–H and O–H groups in total. The highest BCUT2D eigenvalue weighted by Crippen LogP contribution is 2.29. The van der Waals surface area contributed by atoms with Gasteiger partial charge in [-0.2, -0.15) is 0 Å². The van der Waals surface area contributed by atoms with Crippen LogP contribution in [0.2, 0.25) is 5.02 Å². The maximum atomic E-state index is 5.93. The Balaban J connectivity index is 3.25. The Hall–Kier alpha value is -0.690. The second kappa shape index (κ2) is 3.14. The zero-order valence-corrected chi connectivity index (χ0v) is 7.40. The van der Waals surface area contributed by atoms with E-state index in [1.165, 1.54) is 0 Å². The predicted octanol–water partition coefficient (Wildman–Crippen LogP) is 2.84. The van der Waals surface area contributed by atoms with Crippen LogP contribution < -0.4 is 4.74 Å². The second-order valence-corrected chi connectivity index (χ2v) is 2.74. The number of ether oxygens (including phenoxy) is 1. The number of hydrogen-bond donors (Lipinski definition) is 0. The highest BCUT2D eigenvalue weighted by atomic mass is 35.5. The highest BCUT2D eigenvalue weighted by molar-refractivity contribution is 6.32. The largest absolute Gasteiger partial charge is 0.495 e. The van der Waals surface area contributed by atoms with Crippen molar-refractivity contribution in [2.75, 3.05) is 7.11 Å². The number of methoxy groups -OCH3 is 1. The van der Waals surface area contributed by atoms with Crippen LogP contribution in [-0.4, -0.2) is 7.11 Å². The molecule has 11 heavy (non-hydrogen) atoms. The lowest BCUT2D eigenvalue weighted by Crippen LogP contribution is -1.88. The maximum Gasteiger partial charge on any atom is 0.137 e. The van der Waals surface area contributed by atoms with Gasteiger partial charge in [0.05, 0.1) is 12.1 Å². The van der Waals surface area contributed by atoms with E-state index in [2.05, 4.69) is 6.92 Å². The van der Waals surface area contributed by atoms with Crippen molar-refractivity contribution in [1.29, 1.82) is 0 Å². The fourth-order valence-electron chi connectivity index (χ4n) is 0.858. The van der Waals surface area contributed by atoms with Crippen LogP contribution in [0.25, 0.3) is 0 Å². The van der Waals surface area contributed by atoms with Crippen LogP contribution in [0.5, 0.6) is 5.75 Å². The van der Waals surface area contributed by atoms with Gasteiger partial charge in [0.2, 0.25) is 0 Å². The Kier molecular flexibility index (Phi) is 2.40. The van der Waals surface area contributed by atoms with Crippen LogP contribution in [0.15, 0.2) is 12.1 Å². The first-order valence-electron chi connectivity index (χ1n) is 3.32. The Labute approximate surface area is 71.9 Å². The molecule has 1 radical (unpaired) electrons. The van der Waals surface area contributed by atoms with Crippen molar-refractivity contribution in [3.05, 3.63) is 35.2 Å². The van der Waals surface area contributed by atoms with E-state index in [1.807, 2.05) is 19.1 Å². The molecule has 0 fully saturated rings. The molecule has 0 aliphatic heterocycles. The minimum absolute atomic E-state index is 0.653. The Morgan fingerprint density at radius 2 is 2.09 bits per heavy atom. The van der Waals surface area contributed by atoms with Crippen LogP contribution in [0, 0.1) is 13.8 Å². The van der Waals surface area contributed by atoms with E-state index in [4.69, 9.17) is 16.3 Å². The molecule has 0 spiro atoms. The first-order chi connectivity index (χ1) is 5.16. The van der Waals surface area contributed by atoms with Gasteiger partial charge in [0, 0.05) is 0 Å². The van der Waals surface area contributed by atoms with Gasteiger partial charge in [-0.25, -0.2) is 0 Å². The first-order valence-corrected chi connectivity index (χ1v) is 3.69. The van der Waals surface area contributed by atoms with Crippen molar-refractivity contribution in [2.45, 2.75) is 6.92 Å². The van der Waals surface area contributed by atoms with Crippen LogP contribution in [0.1, 0.15) is 11.1 Å². The molecule has 1 aromatic carbocycles. The molecular weight excluding hydrogens is 160 g/mol. The average Bonchev–Trinajstić information content (AvgIpc) is 2.01. The van der Waals surface area contributed by atoms with Gasteiger partial charge >= 0.3 is 0 Å². The third kappa shape index (κ3) is 1.48. The number of rotatable bonds is 1. The summed E-state index contributed by atoms with van der Waals surface area (Å²) in [5, 5.41) is 0.653. The van der Waals surface area contributed by atoms with E-state index in [1.54, 1.807) is 7.11 Å². The van der Waals surface area contributed by atoms with E-state index in [0.717, 1.165) is 11.1 Å². The summed E-state index contributed by atoms with van der Waals surface area (Å²) in [5.41, 5.74) is 1.92. The summed E-state index contributed by atoms with van der Waals surface area (Å²) in [6.07, 6.45) is 0. The normalized spacial score (nSPS) is 9.82. The first kappa shape index (κ1) is 8.41. The summed E-state index contributed by atoms with van der Waals surface area (Å²) in [5.74, 6) is 0.705. The van der Waals surface area contributed by atoms with Crippen molar-refractivity contribution >= 4 is 11.6 Å². The molecule has 0 saturated carbocycles. The van der Waals surface area contributed by atoms with Gasteiger partial charge in [0.25, 0.3) is 0 Å². The van der Waals surface area contributed by atoms with Gasteiger partial charge in [-0.3, -0.25) is 0 Å². The summed E-state index contributed by atoms with van der Waals surface area (Å²) in [6, 6.07) is 3.71. The van der Waals surface area contributed by atoms with E-state index in [-0.39, 0.29) is 0 Å². The molecule has 0 aliphatic rings. The van der Waals surface area contributed by atoms with E-state index in [9.17, 15) is 0 Å². The van der Waals surface area contributed by atoms with Crippen LogP contribution in [-0.2, 0) is 0 Å². The molecule has 0 bridgehead atoms. The molecule has 0 heterocycles. The zero-order valence-electron chi connectivity index (χ0n) is 6.65. The summed E-state index contributed by atoms with van der Waals surface area (Å²) in [7, 11) is 1.60. The molecule has 0 atom stereocenters. The number of hydrogen-bond acceptors (Lipinski definition) is 1. The van der Waals surface area contributed by atoms with Gasteiger partial charge in [-0.05, 0) is 31.0 Å². The lowest BCUT2D eigenvalue weighted by Gasteiger charge is -2.06.